The number of quaternary nitrogens is 1. The molecule has 376 valence electrons. The Kier molecular flexibility index (Phi) is 45.0. The Morgan fingerprint density at radius 3 is 1.32 bits per heavy atom. The van der Waals surface area contributed by atoms with Crippen molar-refractivity contribution in [3.8, 4) is 0 Å². The van der Waals surface area contributed by atoms with Gasteiger partial charge in [-0.15, -0.1) is 0 Å². The second-order valence-electron chi connectivity index (χ2n) is 18.4. The maximum absolute atomic E-state index is 12.7. The smallest absolute Gasteiger partial charge is 0.306 e. The first-order chi connectivity index (χ1) is 32.1. The number of hydrogen-bond donors (Lipinski definition) is 0. The van der Waals surface area contributed by atoms with Crippen LogP contribution in [0.2, 0.25) is 0 Å². The molecule has 2 unspecified atom stereocenters. The Balaban J connectivity index is 4.36. The Bertz CT molecular complexity index is 1400. The van der Waals surface area contributed by atoms with Gasteiger partial charge in [0.15, 0.2) is 6.10 Å². The van der Waals surface area contributed by atoms with Crippen molar-refractivity contribution >= 4 is 17.9 Å². The molecule has 0 aromatic heterocycles. The van der Waals surface area contributed by atoms with Crippen molar-refractivity contribution in [3.05, 3.63) is 97.2 Å². The largest absolute Gasteiger partial charge is 0.544 e. The van der Waals surface area contributed by atoms with Gasteiger partial charge in [0.05, 0.1) is 40.3 Å². The molecule has 0 aliphatic carbocycles. The van der Waals surface area contributed by atoms with Gasteiger partial charge >= 0.3 is 11.9 Å². The lowest BCUT2D eigenvalue weighted by molar-refractivity contribution is -0.889. The second kappa shape index (κ2) is 47.7. The fraction of sp³-hybridized carbons (Fsp3) is 0.672. The quantitative estimate of drug-likeness (QED) is 0.0259. The number of likely N-dealkylation sites (N-methyl/N-ethyl adjacent to an activating group) is 1. The topological polar surface area (TPSA) is 102 Å². The lowest BCUT2D eigenvalue weighted by atomic mass is 10.1. The molecule has 8 heteroatoms. The number of aliphatic carboxylic acids is 1. The number of carboxylic acid groups (broad SMARTS) is 1. The number of esters is 2. The van der Waals surface area contributed by atoms with E-state index in [2.05, 4.69) is 98.9 Å². The van der Waals surface area contributed by atoms with Crippen molar-refractivity contribution in [1.82, 2.24) is 0 Å². The minimum absolute atomic E-state index is 0.00210. The highest BCUT2D eigenvalue weighted by atomic mass is 16.6. The number of unbranched alkanes of at least 4 members (excludes halogenated alkanes) is 16. The van der Waals surface area contributed by atoms with Gasteiger partial charge in [-0.2, -0.15) is 0 Å². The Labute approximate surface area is 405 Å². The third kappa shape index (κ3) is 45.4. The number of carboxylic acids is 1. The molecule has 0 fully saturated rings. The van der Waals surface area contributed by atoms with Gasteiger partial charge < -0.3 is 28.6 Å². The maximum Gasteiger partial charge on any atom is 0.306 e. The van der Waals surface area contributed by atoms with E-state index in [0.29, 0.717) is 12.8 Å². The van der Waals surface area contributed by atoms with Crippen molar-refractivity contribution in [3.63, 3.8) is 0 Å². The standard InChI is InChI=1S/C58H97NO7/c1-6-8-10-12-14-16-18-20-22-24-26-27-28-29-31-32-34-36-38-40-42-44-46-48-56(60)65-53-54(52-64-51-50-55(58(62)63)59(3,4)5)66-57(61)49-47-45-43-41-39-37-35-33-30-25-23-21-19-17-15-13-11-9-7-2/h9,11,15,17,21,23,26-27,29-31,33,37,39,43,45,54-55H,6-8,10,12-14,16,18-20,22,24-25,28,32,34-36,38,40-42,44,46-53H2,1-5H3/b11-9+,17-15+,23-21+,27-26+,31-29+,33-30+,39-37+,45-43+. The number of carbonyl (C=O) groups excluding carboxylic acids is 3. The molecule has 66 heavy (non-hydrogen) atoms. The lowest BCUT2D eigenvalue weighted by Crippen LogP contribution is -2.55. The number of hydrogen-bond acceptors (Lipinski definition) is 7. The number of carbonyl (C=O) groups is 3. The highest BCUT2D eigenvalue weighted by Crippen LogP contribution is 2.13. The highest BCUT2D eigenvalue weighted by Gasteiger charge is 2.25. The van der Waals surface area contributed by atoms with Gasteiger partial charge in [0.2, 0.25) is 0 Å². The number of allylic oxidation sites excluding steroid dienone is 16. The zero-order valence-electron chi connectivity index (χ0n) is 42.8. The molecule has 0 radical (unpaired) electrons. The van der Waals surface area contributed by atoms with Crippen molar-refractivity contribution in [2.24, 2.45) is 0 Å². The third-order valence-corrected chi connectivity index (χ3v) is 11.2. The Morgan fingerprint density at radius 1 is 0.470 bits per heavy atom. The third-order valence-electron chi connectivity index (χ3n) is 11.2. The van der Waals surface area contributed by atoms with Crippen LogP contribution < -0.4 is 5.11 Å². The summed E-state index contributed by atoms with van der Waals surface area (Å²) in [5.74, 6) is -1.86. The molecule has 0 amide bonds. The van der Waals surface area contributed by atoms with E-state index in [1.54, 1.807) is 21.1 Å². The molecule has 2 atom stereocenters. The first-order valence-corrected chi connectivity index (χ1v) is 26.3. The normalized spacial score (nSPS) is 13.7. The molecule has 0 saturated carbocycles. The second-order valence-corrected chi connectivity index (χ2v) is 18.4. The first-order valence-electron chi connectivity index (χ1n) is 26.3. The molecular weight excluding hydrogens is 823 g/mol. The molecule has 0 saturated heterocycles. The van der Waals surface area contributed by atoms with Crippen molar-refractivity contribution in [2.75, 3.05) is 41.0 Å². The molecule has 0 aliphatic heterocycles. The molecule has 8 nitrogen and oxygen atoms in total. The van der Waals surface area contributed by atoms with E-state index < -0.39 is 24.1 Å². The maximum atomic E-state index is 12.7. The molecular formula is C58H97NO7. The van der Waals surface area contributed by atoms with Gasteiger partial charge in [-0.25, -0.2) is 0 Å². The average Bonchev–Trinajstić information content (AvgIpc) is 3.28. The molecule has 0 aromatic rings. The van der Waals surface area contributed by atoms with Crippen LogP contribution in [0.3, 0.4) is 0 Å². The zero-order chi connectivity index (χ0) is 48.4. The summed E-state index contributed by atoms with van der Waals surface area (Å²) < 4.78 is 17.1. The van der Waals surface area contributed by atoms with Crippen molar-refractivity contribution in [2.45, 2.75) is 212 Å². The van der Waals surface area contributed by atoms with Gasteiger partial charge in [0.25, 0.3) is 0 Å². The van der Waals surface area contributed by atoms with E-state index in [-0.39, 0.29) is 43.1 Å². The van der Waals surface area contributed by atoms with Crippen LogP contribution in [-0.2, 0) is 28.6 Å². The lowest BCUT2D eigenvalue weighted by Gasteiger charge is -2.34. The fourth-order valence-corrected chi connectivity index (χ4v) is 7.19. The summed E-state index contributed by atoms with van der Waals surface area (Å²) in [4.78, 5) is 37.0. The van der Waals surface area contributed by atoms with Gasteiger partial charge in [-0.3, -0.25) is 9.59 Å². The minimum Gasteiger partial charge on any atom is -0.544 e. The summed E-state index contributed by atoms with van der Waals surface area (Å²) in [6.45, 7) is 4.46. The molecule has 0 rings (SSSR count). The number of nitrogens with zero attached hydrogens (tertiary/aromatic N) is 1. The summed E-state index contributed by atoms with van der Waals surface area (Å²) in [6.07, 6.45) is 64.6. The van der Waals surface area contributed by atoms with Crippen LogP contribution in [0.5, 0.6) is 0 Å². The van der Waals surface area contributed by atoms with E-state index in [1.807, 2.05) is 12.2 Å². The van der Waals surface area contributed by atoms with E-state index in [9.17, 15) is 19.5 Å². The molecule has 0 N–H and O–H groups in total. The zero-order valence-corrected chi connectivity index (χ0v) is 42.8. The highest BCUT2D eigenvalue weighted by molar-refractivity contribution is 5.70. The average molecular weight is 920 g/mol. The summed E-state index contributed by atoms with van der Waals surface area (Å²) in [7, 11) is 5.38. The van der Waals surface area contributed by atoms with Crippen LogP contribution in [0.4, 0.5) is 0 Å². The SMILES string of the molecule is CC/C=C/C/C=C/C/C=C/C/C=C/C/C=C/C/C=C/CCC(=O)OC(COCCC(C(=O)[O-])[N+](C)(C)C)COC(=O)CCCCCCCCC/C=C/C/C=C/CCCCCCCCCCC. The number of ether oxygens (including phenoxy) is 3. The monoisotopic (exact) mass is 920 g/mol. The van der Waals surface area contributed by atoms with Crippen LogP contribution in [0, 0.1) is 0 Å². The van der Waals surface area contributed by atoms with Crippen molar-refractivity contribution in [1.29, 1.82) is 0 Å². The molecule has 0 bridgehead atoms. The Hall–Kier alpha value is -3.75. The van der Waals surface area contributed by atoms with Crippen molar-refractivity contribution < 1.29 is 38.2 Å². The van der Waals surface area contributed by atoms with Crippen LogP contribution >= 0.6 is 0 Å². The molecule has 0 spiro atoms. The van der Waals surface area contributed by atoms with E-state index in [1.165, 1.54) is 89.9 Å². The van der Waals surface area contributed by atoms with E-state index in [4.69, 9.17) is 14.2 Å². The van der Waals surface area contributed by atoms with Crippen LogP contribution in [0.25, 0.3) is 0 Å². The molecule has 0 heterocycles. The summed E-state index contributed by atoms with van der Waals surface area (Å²) >= 11 is 0. The first kappa shape index (κ1) is 62.2. The van der Waals surface area contributed by atoms with E-state index in [0.717, 1.165) is 70.6 Å². The van der Waals surface area contributed by atoms with E-state index >= 15 is 0 Å². The van der Waals surface area contributed by atoms with Gasteiger partial charge in [-0.05, 0) is 83.5 Å². The van der Waals surface area contributed by atoms with Gasteiger partial charge in [0, 0.05) is 19.3 Å². The minimum atomic E-state index is -1.14. The summed E-state index contributed by atoms with van der Waals surface area (Å²) in [5, 5.41) is 11.7. The van der Waals surface area contributed by atoms with Gasteiger partial charge in [0.1, 0.15) is 12.6 Å². The molecule has 0 aliphatic rings. The Morgan fingerprint density at radius 2 is 0.879 bits per heavy atom. The van der Waals surface area contributed by atoms with Crippen LogP contribution in [0.1, 0.15) is 200 Å². The van der Waals surface area contributed by atoms with Crippen LogP contribution in [-0.4, -0.2) is 75.5 Å². The van der Waals surface area contributed by atoms with Crippen LogP contribution in [0.15, 0.2) is 97.2 Å². The summed E-state index contributed by atoms with van der Waals surface area (Å²) in [6, 6.07) is -0.746. The number of rotatable bonds is 46. The predicted octanol–water partition coefficient (Wildman–Crippen LogP) is 14.1. The fourth-order valence-electron chi connectivity index (χ4n) is 7.19. The summed E-state index contributed by atoms with van der Waals surface area (Å²) in [5.41, 5.74) is 0. The predicted molar refractivity (Wildman–Crippen MR) is 277 cm³/mol. The molecule has 0 aromatic carbocycles. The van der Waals surface area contributed by atoms with Gasteiger partial charge in [-0.1, -0.05) is 195 Å².